The Morgan fingerprint density at radius 3 is 1.98 bits per heavy atom. The van der Waals surface area contributed by atoms with Crippen LogP contribution in [0.1, 0.15) is 107 Å². The molecule has 4 aromatic carbocycles. The summed E-state index contributed by atoms with van der Waals surface area (Å²) in [6.07, 6.45) is 7.13. The topological polar surface area (TPSA) is 0 Å². The van der Waals surface area contributed by atoms with Gasteiger partial charge in [0.05, 0.1) is 0 Å². The van der Waals surface area contributed by atoms with E-state index in [1.807, 2.05) is 9.78 Å². The van der Waals surface area contributed by atoms with Crippen molar-refractivity contribution in [1.82, 2.24) is 0 Å². The van der Waals surface area contributed by atoms with Crippen LogP contribution in [-0.2, 0) is 46.9 Å². The Morgan fingerprint density at radius 1 is 0.844 bits per heavy atom. The number of allylic oxidation sites excluding steroid dienone is 4. The van der Waals surface area contributed by atoms with E-state index in [2.05, 4.69) is 123 Å². The van der Waals surface area contributed by atoms with Gasteiger partial charge in [-0.15, -0.1) is 11.6 Å². The normalized spacial score (nSPS) is 15.6. The first-order chi connectivity index (χ1) is 20.1. The fraction of sp³-hybridized carbons (Fsp3) is 0.317. The third-order valence-corrected chi connectivity index (χ3v) is 9.79. The average Bonchev–Trinajstić information content (AvgIpc) is 3.68. The molecule has 0 atom stereocenters. The maximum absolute atomic E-state index is 12.3. The number of hydrogen-bond acceptors (Lipinski definition) is 0. The molecule has 7 rings (SSSR count). The van der Waals surface area contributed by atoms with Gasteiger partial charge in [-0.05, 0) is 58.4 Å². The van der Waals surface area contributed by atoms with Crippen molar-refractivity contribution < 1.29 is 53.4 Å². The molecule has 0 N–H and O–H groups in total. The monoisotopic (exact) mass is 714 g/mol. The zero-order valence-corrected chi connectivity index (χ0v) is 31.9. The van der Waals surface area contributed by atoms with Gasteiger partial charge in [0.15, 0.2) is 0 Å². The molecule has 0 aliphatic heterocycles. The van der Waals surface area contributed by atoms with E-state index in [-0.39, 0.29) is 41.5 Å². The van der Waals surface area contributed by atoms with Gasteiger partial charge in [0.25, 0.3) is 0 Å². The minimum atomic E-state index is -0.161. The Bertz CT molecular complexity index is 1680. The Balaban J connectivity index is 0.000000229. The fourth-order valence-corrected chi connectivity index (χ4v) is 7.19. The smallest absolute Gasteiger partial charge is 1.00 e. The summed E-state index contributed by atoms with van der Waals surface area (Å²) >= 11 is 1.30. The molecule has 0 aromatic heterocycles. The van der Waals surface area contributed by atoms with E-state index in [9.17, 15) is 4.39 Å². The van der Waals surface area contributed by atoms with Crippen molar-refractivity contribution in [3.8, 4) is 11.1 Å². The van der Waals surface area contributed by atoms with Crippen LogP contribution in [0.3, 0.4) is 0 Å². The Morgan fingerprint density at radius 2 is 1.47 bits per heavy atom. The van der Waals surface area contributed by atoms with Gasteiger partial charge in [-0.3, -0.25) is 6.08 Å². The van der Waals surface area contributed by atoms with Crippen LogP contribution < -0.4 is 24.8 Å². The van der Waals surface area contributed by atoms with Crippen molar-refractivity contribution in [2.45, 2.75) is 85.0 Å². The van der Waals surface area contributed by atoms with Gasteiger partial charge >= 0.3 is 68.0 Å². The maximum atomic E-state index is 12.3. The van der Waals surface area contributed by atoms with Crippen molar-refractivity contribution in [3.63, 3.8) is 0 Å². The molecular weight excluding hydrogens is 674 g/mol. The van der Waals surface area contributed by atoms with E-state index in [0.717, 1.165) is 12.0 Å². The molecule has 0 spiro atoms. The summed E-state index contributed by atoms with van der Waals surface area (Å²) in [7, 11) is 0. The molecule has 4 aromatic rings. The van der Waals surface area contributed by atoms with Gasteiger partial charge in [-0.1, -0.05) is 84.4 Å². The third-order valence-electron chi connectivity index (χ3n) is 8.98. The largest absolute Gasteiger partial charge is 1.00 e. The van der Waals surface area contributed by atoms with E-state index in [1.54, 1.807) is 6.07 Å². The first-order valence-electron chi connectivity index (χ1n) is 15.3. The molecule has 0 nitrogen and oxygen atoms in total. The van der Waals surface area contributed by atoms with Crippen molar-refractivity contribution >= 4 is 14.9 Å². The van der Waals surface area contributed by atoms with Gasteiger partial charge < -0.3 is 24.8 Å². The molecule has 234 valence electrons. The van der Waals surface area contributed by atoms with Crippen LogP contribution in [-0.4, -0.2) is 3.71 Å². The molecular formula is C41H43Cl2FZr-2. The predicted molar refractivity (Wildman–Crippen MR) is 179 cm³/mol. The van der Waals surface area contributed by atoms with E-state index in [1.165, 1.54) is 97.6 Å². The van der Waals surface area contributed by atoms with Crippen molar-refractivity contribution in [3.05, 3.63) is 135 Å². The summed E-state index contributed by atoms with van der Waals surface area (Å²) in [5, 5.41) is 0. The minimum Gasteiger partial charge on any atom is -1.00 e. The second-order valence-corrected chi connectivity index (χ2v) is 15.0. The Kier molecular flexibility index (Phi) is 11.5. The van der Waals surface area contributed by atoms with Crippen LogP contribution in [0.5, 0.6) is 0 Å². The first kappa shape index (κ1) is 37.2. The maximum Gasteiger partial charge on any atom is -1.00 e. The van der Waals surface area contributed by atoms with E-state index in [0.29, 0.717) is 5.41 Å². The molecule has 0 bridgehead atoms. The number of hydrogen-bond donors (Lipinski definition) is 0. The SMILES string of the molecule is CC(C)(C)c1cc[cH-]c1.CC1=[C-]C(C)(C)c2cc3c(cc21)-c1cc2c(cc1C3)C(C)(C)C=C2C.Fc1cccc([CH]=[Zr+2])c1.[Cl-].[Cl-]. The molecule has 4 heteroatoms. The standard InChI is InChI=1S/C25H25.C9H13.C7H5F.2ClH.Zr/c1-14-12-24(3,4)22-8-16-7-17-9-23-19(15(2)13-25(23,5)6)11-21(17)20(16)10-18(14)22;1-9(2,3)8-6-4-5-7-8;1-6-3-2-4-7(8)5-6;;;/h8-12H,7H2,1-6H3;4-7H,1-3H3;1-5H;2*1H;/q2*-1;;;;+2/p-2. The summed E-state index contributed by atoms with van der Waals surface area (Å²) in [5.41, 5.74) is 17.3. The molecule has 0 unspecified atom stereocenters. The van der Waals surface area contributed by atoms with Gasteiger partial charge in [-0.25, -0.2) is 11.6 Å². The summed E-state index contributed by atoms with van der Waals surface area (Å²) < 4.78 is 14.3. The number of fused-ring (bicyclic) bond motifs is 5. The average molecular weight is 717 g/mol. The number of rotatable bonds is 1. The van der Waals surface area contributed by atoms with Crippen LogP contribution in [0, 0.1) is 11.9 Å². The Hall–Kier alpha value is -2.25. The second kappa shape index (κ2) is 13.9. The summed E-state index contributed by atoms with van der Waals surface area (Å²) in [5.74, 6) is -0.161. The van der Waals surface area contributed by atoms with E-state index >= 15 is 0 Å². The molecule has 0 heterocycles. The summed E-state index contributed by atoms with van der Waals surface area (Å²) in [6, 6.07) is 24.9. The molecule has 3 aliphatic carbocycles. The van der Waals surface area contributed by atoms with Crippen LogP contribution >= 0.6 is 0 Å². The number of halogens is 3. The molecule has 0 amide bonds. The molecule has 0 fully saturated rings. The van der Waals surface area contributed by atoms with Crippen LogP contribution in [0.25, 0.3) is 22.3 Å². The van der Waals surface area contributed by atoms with E-state index < -0.39 is 0 Å². The fourth-order valence-electron chi connectivity index (χ4n) is 6.75. The first-order valence-corrected chi connectivity index (χ1v) is 16.7. The van der Waals surface area contributed by atoms with Gasteiger partial charge in [0.1, 0.15) is 0 Å². The second-order valence-electron chi connectivity index (χ2n) is 14.3. The quantitative estimate of drug-likeness (QED) is 0.221. The van der Waals surface area contributed by atoms with E-state index in [4.69, 9.17) is 0 Å². The summed E-state index contributed by atoms with van der Waals surface area (Å²) in [6.45, 7) is 20.4. The van der Waals surface area contributed by atoms with Gasteiger partial charge in [0, 0.05) is 5.41 Å². The van der Waals surface area contributed by atoms with Crippen molar-refractivity contribution in [1.29, 1.82) is 0 Å². The van der Waals surface area contributed by atoms with Crippen LogP contribution in [0.2, 0.25) is 0 Å². The molecule has 0 saturated heterocycles. The molecule has 3 aliphatic rings. The third kappa shape index (κ3) is 7.67. The van der Waals surface area contributed by atoms with Gasteiger partial charge in [-0.2, -0.15) is 29.3 Å². The molecule has 0 radical (unpaired) electrons. The molecule has 0 saturated carbocycles. The number of benzene rings is 3. The molecule has 45 heavy (non-hydrogen) atoms. The predicted octanol–water partition coefficient (Wildman–Crippen LogP) is 4.68. The van der Waals surface area contributed by atoms with Gasteiger partial charge in [0.2, 0.25) is 0 Å². The Labute approximate surface area is 297 Å². The van der Waals surface area contributed by atoms with Crippen molar-refractivity contribution in [2.75, 3.05) is 0 Å². The minimum absolute atomic E-state index is 0. The summed E-state index contributed by atoms with van der Waals surface area (Å²) in [4.78, 5) is 0. The zero-order valence-electron chi connectivity index (χ0n) is 27.9. The zero-order chi connectivity index (χ0) is 31.3. The van der Waals surface area contributed by atoms with Crippen LogP contribution in [0.15, 0.2) is 78.9 Å². The van der Waals surface area contributed by atoms with Crippen molar-refractivity contribution in [2.24, 2.45) is 0 Å². The van der Waals surface area contributed by atoms with Crippen LogP contribution in [0.4, 0.5) is 4.39 Å².